The zero-order valence-electron chi connectivity index (χ0n) is 8.94. The van der Waals surface area contributed by atoms with Crippen LogP contribution in [0.2, 0.25) is 0 Å². The monoisotopic (exact) mass is 275 g/mol. The number of anilines is 1. The Morgan fingerprint density at radius 2 is 2.11 bits per heavy atom. The van der Waals surface area contributed by atoms with E-state index in [0.717, 1.165) is 17.8 Å². The Labute approximate surface area is 104 Å². The van der Waals surface area contributed by atoms with Gasteiger partial charge in [-0.3, -0.25) is 0 Å². The molecule has 0 unspecified atom stereocenters. The van der Waals surface area contributed by atoms with Crippen molar-refractivity contribution in [3.63, 3.8) is 0 Å². The van der Waals surface area contributed by atoms with Crippen LogP contribution in [0.5, 0.6) is 0 Å². The second-order valence-corrected chi connectivity index (χ2v) is 4.31. The number of alkyl halides is 3. The van der Waals surface area contributed by atoms with Crippen molar-refractivity contribution < 1.29 is 17.6 Å². The maximum Gasteiger partial charge on any atom is 0.433 e. The Morgan fingerprint density at radius 3 is 2.72 bits per heavy atom. The molecular formula is C10H8F3N3OS. The Hall–Kier alpha value is -1.70. The van der Waals surface area contributed by atoms with Crippen molar-refractivity contribution in [3.8, 4) is 0 Å². The number of hydrogen-bond donors (Lipinski definition) is 1. The number of nitrogen functional groups attached to an aromatic ring is 1. The highest BCUT2D eigenvalue weighted by molar-refractivity contribution is 7.98. The summed E-state index contributed by atoms with van der Waals surface area (Å²) in [7, 11) is 0. The minimum absolute atomic E-state index is 0.159. The van der Waals surface area contributed by atoms with E-state index in [0.29, 0.717) is 11.5 Å². The van der Waals surface area contributed by atoms with Gasteiger partial charge in [-0.2, -0.15) is 13.2 Å². The van der Waals surface area contributed by atoms with Gasteiger partial charge in [-0.15, -0.1) is 0 Å². The predicted molar refractivity (Wildman–Crippen MR) is 59.7 cm³/mol. The van der Waals surface area contributed by atoms with Crippen LogP contribution in [0.25, 0.3) is 0 Å². The smallest absolute Gasteiger partial charge is 0.433 e. The Balaban J connectivity index is 2.15. The van der Waals surface area contributed by atoms with Crippen LogP contribution in [-0.4, -0.2) is 9.97 Å². The molecule has 0 atom stereocenters. The van der Waals surface area contributed by atoms with E-state index in [2.05, 4.69) is 9.97 Å². The third-order valence-electron chi connectivity index (χ3n) is 1.95. The number of thioether (sulfide) groups is 1. The molecule has 0 amide bonds. The molecule has 96 valence electrons. The summed E-state index contributed by atoms with van der Waals surface area (Å²) in [6.45, 7) is 0. The Kier molecular flexibility index (Phi) is 3.46. The maximum atomic E-state index is 12.5. The summed E-state index contributed by atoms with van der Waals surface area (Å²) < 4.78 is 42.5. The molecule has 2 heterocycles. The number of nitrogens with two attached hydrogens (primary N) is 1. The molecule has 0 saturated heterocycles. The van der Waals surface area contributed by atoms with Crippen LogP contribution >= 0.6 is 11.8 Å². The highest BCUT2D eigenvalue weighted by atomic mass is 32.2. The first kappa shape index (κ1) is 12.7. The quantitative estimate of drug-likeness (QED) is 0.689. The average Bonchev–Trinajstić information content (AvgIpc) is 2.77. The lowest BCUT2D eigenvalue weighted by atomic mass is 10.4. The molecule has 0 radical (unpaired) electrons. The van der Waals surface area contributed by atoms with Crippen LogP contribution in [0, 0.1) is 0 Å². The highest BCUT2D eigenvalue weighted by Gasteiger charge is 2.33. The molecule has 2 aromatic rings. The van der Waals surface area contributed by atoms with E-state index >= 15 is 0 Å². The molecule has 0 aliphatic carbocycles. The van der Waals surface area contributed by atoms with Gasteiger partial charge < -0.3 is 10.2 Å². The molecule has 2 aromatic heterocycles. The Bertz CT molecular complexity index is 528. The predicted octanol–water partition coefficient (Wildman–Crippen LogP) is 2.96. The van der Waals surface area contributed by atoms with Crippen molar-refractivity contribution in [2.75, 3.05) is 5.73 Å². The third kappa shape index (κ3) is 3.16. The molecule has 0 bridgehead atoms. The molecule has 0 aliphatic rings. The van der Waals surface area contributed by atoms with Crippen molar-refractivity contribution in [2.24, 2.45) is 0 Å². The molecule has 4 nitrogen and oxygen atoms in total. The lowest BCUT2D eigenvalue weighted by Gasteiger charge is -2.07. The fourth-order valence-electron chi connectivity index (χ4n) is 1.20. The van der Waals surface area contributed by atoms with E-state index in [4.69, 9.17) is 10.2 Å². The van der Waals surface area contributed by atoms with Crippen LogP contribution in [0.1, 0.15) is 11.5 Å². The van der Waals surface area contributed by atoms with E-state index in [-0.39, 0.29) is 5.03 Å². The SMILES string of the molecule is Nc1nc(SCc2ccco2)cc(C(F)(F)F)n1. The van der Waals surface area contributed by atoms with Gasteiger partial charge in [-0.25, -0.2) is 9.97 Å². The lowest BCUT2D eigenvalue weighted by molar-refractivity contribution is -0.141. The zero-order chi connectivity index (χ0) is 13.2. The maximum absolute atomic E-state index is 12.5. The summed E-state index contributed by atoms with van der Waals surface area (Å²) in [5.41, 5.74) is 4.20. The topological polar surface area (TPSA) is 64.9 Å². The van der Waals surface area contributed by atoms with Crippen molar-refractivity contribution in [3.05, 3.63) is 35.9 Å². The van der Waals surface area contributed by atoms with E-state index in [1.54, 1.807) is 12.1 Å². The van der Waals surface area contributed by atoms with Gasteiger partial charge in [-0.05, 0) is 12.1 Å². The van der Waals surface area contributed by atoms with Gasteiger partial charge in [0.05, 0.1) is 12.0 Å². The van der Waals surface area contributed by atoms with E-state index < -0.39 is 17.8 Å². The fraction of sp³-hybridized carbons (Fsp3) is 0.200. The first-order valence-electron chi connectivity index (χ1n) is 4.82. The van der Waals surface area contributed by atoms with Crippen LogP contribution < -0.4 is 5.73 Å². The average molecular weight is 275 g/mol. The minimum Gasteiger partial charge on any atom is -0.468 e. The summed E-state index contributed by atoms with van der Waals surface area (Å²) in [6, 6.07) is 4.29. The van der Waals surface area contributed by atoms with Crippen LogP contribution in [0.3, 0.4) is 0 Å². The van der Waals surface area contributed by atoms with E-state index in [1.807, 2.05) is 0 Å². The molecule has 0 saturated carbocycles. The first-order valence-corrected chi connectivity index (χ1v) is 5.80. The lowest BCUT2D eigenvalue weighted by Crippen LogP contribution is -2.11. The second-order valence-electron chi connectivity index (χ2n) is 3.32. The zero-order valence-corrected chi connectivity index (χ0v) is 9.76. The molecule has 0 spiro atoms. The molecular weight excluding hydrogens is 267 g/mol. The largest absolute Gasteiger partial charge is 0.468 e. The summed E-state index contributed by atoms with van der Waals surface area (Å²) in [5, 5.41) is 0.159. The Morgan fingerprint density at radius 1 is 1.33 bits per heavy atom. The molecule has 0 fully saturated rings. The second kappa shape index (κ2) is 4.89. The summed E-state index contributed by atoms with van der Waals surface area (Å²) in [6.07, 6.45) is -3.04. The standard InChI is InChI=1S/C10H8F3N3OS/c11-10(12,13)7-4-8(16-9(14)15-7)18-5-6-2-1-3-17-6/h1-4H,5H2,(H2,14,15,16). The number of nitrogens with zero attached hydrogens (tertiary/aromatic N) is 2. The van der Waals surface area contributed by atoms with Gasteiger partial charge in [0, 0.05) is 6.07 Å². The van der Waals surface area contributed by atoms with Crippen LogP contribution in [0.15, 0.2) is 33.9 Å². The summed E-state index contributed by atoms with van der Waals surface area (Å²) in [4.78, 5) is 6.89. The molecule has 18 heavy (non-hydrogen) atoms. The number of rotatable bonds is 3. The third-order valence-corrected chi connectivity index (χ3v) is 2.89. The molecule has 0 aliphatic heterocycles. The van der Waals surface area contributed by atoms with Gasteiger partial charge in [-0.1, -0.05) is 11.8 Å². The summed E-state index contributed by atoms with van der Waals surface area (Å²) >= 11 is 1.10. The van der Waals surface area contributed by atoms with Crippen molar-refractivity contribution in [2.45, 2.75) is 17.0 Å². The number of halogens is 3. The number of hydrogen-bond acceptors (Lipinski definition) is 5. The molecule has 8 heteroatoms. The van der Waals surface area contributed by atoms with Crippen LogP contribution in [0.4, 0.5) is 19.1 Å². The van der Waals surface area contributed by atoms with Crippen molar-refractivity contribution in [1.29, 1.82) is 0 Å². The van der Waals surface area contributed by atoms with Gasteiger partial charge in [0.1, 0.15) is 10.8 Å². The minimum atomic E-state index is -4.53. The number of aromatic nitrogens is 2. The summed E-state index contributed by atoms with van der Waals surface area (Å²) in [5.74, 6) is 0.623. The molecule has 2 N–H and O–H groups in total. The van der Waals surface area contributed by atoms with Gasteiger partial charge in [0.2, 0.25) is 5.95 Å². The molecule has 0 aromatic carbocycles. The van der Waals surface area contributed by atoms with Crippen LogP contribution in [-0.2, 0) is 11.9 Å². The van der Waals surface area contributed by atoms with Gasteiger partial charge >= 0.3 is 6.18 Å². The number of furan rings is 1. The normalized spacial score (nSPS) is 11.7. The van der Waals surface area contributed by atoms with E-state index in [1.165, 1.54) is 6.26 Å². The van der Waals surface area contributed by atoms with Gasteiger partial charge in [0.15, 0.2) is 5.69 Å². The fourth-order valence-corrected chi connectivity index (χ4v) is 2.01. The first-order chi connectivity index (χ1) is 8.45. The van der Waals surface area contributed by atoms with Crippen molar-refractivity contribution in [1.82, 2.24) is 9.97 Å². The van der Waals surface area contributed by atoms with E-state index in [9.17, 15) is 13.2 Å². The molecule has 2 rings (SSSR count). The van der Waals surface area contributed by atoms with Gasteiger partial charge in [0.25, 0.3) is 0 Å². The highest BCUT2D eigenvalue weighted by Crippen LogP contribution is 2.31. The van der Waals surface area contributed by atoms with Crippen molar-refractivity contribution >= 4 is 17.7 Å².